The average molecular weight is 417 g/mol. The largest absolute Gasteiger partial charge is 0.348 e. The molecule has 0 saturated carbocycles. The van der Waals surface area contributed by atoms with Crippen molar-refractivity contribution in [1.82, 2.24) is 5.32 Å². The minimum atomic E-state index is -3.62. The Bertz CT molecular complexity index is 917. The molecule has 0 aliphatic carbocycles. The number of sulfonamides is 1. The summed E-state index contributed by atoms with van der Waals surface area (Å²) in [4.78, 5) is 13.0. The van der Waals surface area contributed by atoms with Crippen LogP contribution in [0.25, 0.3) is 0 Å². The van der Waals surface area contributed by atoms with Crippen molar-refractivity contribution in [2.75, 3.05) is 10.6 Å². The molecule has 2 atom stereocenters. The summed E-state index contributed by atoms with van der Waals surface area (Å²) in [5.41, 5.74) is 2.74. The van der Waals surface area contributed by atoms with Crippen molar-refractivity contribution >= 4 is 21.6 Å². The van der Waals surface area contributed by atoms with E-state index >= 15 is 0 Å². The van der Waals surface area contributed by atoms with E-state index in [0.717, 1.165) is 11.8 Å². The van der Waals surface area contributed by atoms with Crippen LogP contribution in [-0.2, 0) is 20.2 Å². The molecule has 29 heavy (non-hydrogen) atoms. The van der Waals surface area contributed by atoms with Crippen molar-refractivity contribution < 1.29 is 13.2 Å². The van der Waals surface area contributed by atoms with Crippen LogP contribution in [0.1, 0.15) is 58.2 Å². The first-order valence-electron chi connectivity index (χ1n) is 9.90. The van der Waals surface area contributed by atoms with Crippen molar-refractivity contribution in [3.8, 4) is 0 Å². The van der Waals surface area contributed by atoms with E-state index in [-0.39, 0.29) is 17.4 Å². The summed E-state index contributed by atoms with van der Waals surface area (Å²) in [6, 6.07) is 15.9. The highest BCUT2D eigenvalue weighted by Gasteiger charge is 2.32. The number of hydrogen-bond donors (Lipinski definition) is 1. The topological polar surface area (TPSA) is 66.5 Å². The molecule has 0 bridgehead atoms. The van der Waals surface area contributed by atoms with E-state index in [2.05, 4.69) is 38.2 Å². The number of amides is 1. The number of anilines is 1. The zero-order valence-electron chi connectivity index (χ0n) is 18.1. The molecule has 0 saturated heterocycles. The lowest BCUT2D eigenvalue weighted by Gasteiger charge is -2.31. The van der Waals surface area contributed by atoms with E-state index in [1.165, 1.54) is 9.87 Å². The van der Waals surface area contributed by atoms with Gasteiger partial charge in [0, 0.05) is 0 Å². The molecule has 2 aromatic carbocycles. The van der Waals surface area contributed by atoms with Gasteiger partial charge in [0.05, 0.1) is 18.0 Å². The maximum Gasteiger partial charge on any atom is 0.244 e. The Morgan fingerprint density at radius 3 is 2.03 bits per heavy atom. The summed E-state index contributed by atoms with van der Waals surface area (Å²) in [5.74, 6) is -0.311. The molecule has 1 N–H and O–H groups in total. The lowest BCUT2D eigenvalue weighted by molar-refractivity contribution is -0.122. The molecule has 158 valence electrons. The Morgan fingerprint density at radius 2 is 1.59 bits per heavy atom. The molecule has 0 aliphatic heterocycles. The van der Waals surface area contributed by atoms with E-state index in [1.54, 1.807) is 24.3 Å². The molecule has 0 fully saturated rings. The first-order valence-corrected chi connectivity index (χ1v) is 11.7. The van der Waals surface area contributed by atoms with Crippen LogP contribution in [0.4, 0.5) is 5.69 Å². The second-order valence-electron chi connectivity index (χ2n) is 8.42. The zero-order valence-corrected chi connectivity index (χ0v) is 19.0. The van der Waals surface area contributed by atoms with Gasteiger partial charge in [0.15, 0.2) is 0 Å². The molecule has 1 amide bonds. The smallest absolute Gasteiger partial charge is 0.244 e. The Morgan fingerprint density at radius 1 is 1.03 bits per heavy atom. The van der Waals surface area contributed by atoms with Crippen LogP contribution < -0.4 is 9.62 Å². The number of rotatable bonds is 7. The third-order valence-electron chi connectivity index (χ3n) is 4.98. The van der Waals surface area contributed by atoms with Crippen molar-refractivity contribution in [1.29, 1.82) is 0 Å². The quantitative estimate of drug-likeness (QED) is 0.727. The Labute approximate surface area is 175 Å². The average Bonchev–Trinajstić information content (AvgIpc) is 2.64. The minimum absolute atomic E-state index is 0.0595. The number of carbonyl (C=O) groups is 1. The van der Waals surface area contributed by atoms with Crippen molar-refractivity contribution in [2.45, 2.75) is 58.5 Å². The van der Waals surface area contributed by atoms with Crippen molar-refractivity contribution in [3.05, 3.63) is 65.7 Å². The Balaban J connectivity index is 2.24. The maximum absolute atomic E-state index is 13.0. The second-order valence-corrected chi connectivity index (χ2v) is 10.3. The third-order valence-corrected chi connectivity index (χ3v) is 6.16. The van der Waals surface area contributed by atoms with Crippen LogP contribution in [0.3, 0.4) is 0 Å². The van der Waals surface area contributed by atoms with E-state index in [9.17, 15) is 13.2 Å². The predicted octanol–water partition coefficient (Wildman–Crippen LogP) is 4.41. The third kappa shape index (κ3) is 5.82. The molecule has 5 nitrogen and oxygen atoms in total. The number of para-hydroxylation sites is 1. The highest BCUT2D eigenvalue weighted by molar-refractivity contribution is 7.92. The number of carbonyl (C=O) groups excluding carboxylic acids is 1. The number of nitrogens with zero attached hydrogens (tertiary/aromatic N) is 1. The molecule has 0 heterocycles. The van der Waals surface area contributed by atoms with Gasteiger partial charge in [-0.2, -0.15) is 0 Å². The van der Waals surface area contributed by atoms with E-state index in [0.29, 0.717) is 12.1 Å². The van der Waals surface area contributed by atoms with Crippen molar-refractivity contribution in [2.24, 2.45) is 0 Å². The van der Waals surface area contributed by atoms with E-state index in [4.69, 9.17) is 0 Å². The summed E-state index contributed by atoms with van der Waals surface area (Å²) in [6.45, 7) is 10.2. The minimum Gasteiger partial charge on any atom is -0.348 e. The summed E-state index contributed by atoms with van der Waals surface area (Å²) in [7, 11) is -3.62. The van der Waals surface area contributed by atoms with Gasteiger partial charge in [-0.05, 0) is 42.0 Å². The van der Waals surface area contributed by atoms with Crippen LogP contribution in [0.15, 0.2) is 54.6 Å². The van der Waals surface area contributed by atoms with E-state index < -0.39 is 16.1 Å². The monoisotopic (exact) mass is 416 g/mol. The Hall–Kier alpha value is -2.34. The molecule has 0 radical (unpaired) electrons. The van der Waals surface area contributed by atoms with Gasteiger partial charge in [0.25, 0.3) is 0 Å². The highest BCUT2D eigenvalue weighted by Crippen LogP contribution is 2.25. The van der Waals surface area contributed by atoms with Gasteiger partial charge in [0.1, 0.15) is 6.04 Å². The van der Waals surface area contributed by atoms with Crippen LogP contribution in [-0.4, -0.2) is 26.6 Å². The van der Waals surface area contributed by atoms with Crippen LogP contribution in [0.2, 0.25) is 0 Å². The number of hydrogen-bond acceptors (Lipinski definition) is 3. The normalized spacial score (nSPS) is 14.1. The number of benzene rings is 2. The zero-order chi connectivity index (χ0) is 21.8. The fourth-order valence-corrected chi connectivity index (χ4v) is 4.51. The van der Waals surface area contributed by atoms with Gasteiger partial charge >= 0.3 is 0 Å². The fourth-order valence-electron chi connectivity index (χ4n) is 3.30. The molecular formula is C23H32N2O3S. The van der Waals surface area contributed by atoms with Crippen LogP contribution in [0.5, 0.6) is 0 Å². The van der Waals surface area contributed by atoms with Gasteiger partial charge in [-0.3, -0.25) is 9.10 Å². The standard InChI is InChI=1S/C23H32N2O3S/c1-7-21(25(29(6,27)28)20-11-9-8-10-12-20)22(26)24-17(2)18-13-15-19(16-14-18)23(3,4)5/h8-17,21H,7H2,1-6H3,(H,24,26)/t17-,21+/m1/s1. The molecule has 0 aromatic heterocycles. The predicted molar refractivity (Wildman–Crippen MR) is 120 cm³/mol. The highest BCUT2D eigenvalue weighted by atomic mass is 32.2. The molecule has 0 aliphatic rings. The second kappa shape index (κ2) is 8.99. The van der Waals surface area contributed by atoms with Crippen LogP contribution in [0, 0.1) is 0 Å². The van der Waals surface area contributed by atoms with Gasteiger partial charge in [-0.15, -0.1) is 0 Å². The first-order chi connectivity index (χ1) is 13.4. The first kappa shape index (κ1) is 22.9. The summed E-state index contributed by atoms with van der Waals surface area (Å²) in [6.07, 6.45) is 1.49. The van der Waals surface area contributed by atoms with Crippen molar-refractivity contribution in [3.63, 3.8) is 0 Å². The summed E-state index contributed by atoms with van der Waals surface area (Å²) in [5, 5.41) is 2.98. The van der Waals surface area contributed by atoms with Gasteiger partial charge < -0.3 is 5.32 Å². The van der Waals surface area contributed by atoms with Crippen LogP contribution >= 0.6 is 0 Å². The van der Waals surface area contributed by atoms with Gasteiger partial charge in [-0.1, -0.05) is 70.2 Å². The molecule has 2 rings (SSSR count). The van der Waals surface area contributed by atoms with Gasteiger partial charge in [0.2, 0.25) is 15.9 Å². The molecule has 0 unspecified atom stereocenters. The fraction of sp³-hybridized carbons (Fsp3) is 0.435. The van der Waals surface area contributed by atoms with Gasteiger partial charge in [-0.25, -0.2) is 8.42 Å². The summed E-state index contributed by atoms with van der Waals surface area (Å²) >= 11 is 0. The maximum atomic E-state index is 13.0. The SMILES string of the molecule is CC[C@@H](C(=O)N[C@H](C)c1ccc(C(C)(C)C)cc1)N(c1ccccc1)S(C)(=O)=O. The van der Waals surface area contributed by atoms with E-state index in [1.807, 2.05) is 32.0 Å². The molecule has 6 heteroatoms. The Kier molecular flexibility index (Phi) is 7.11. The molecule has 2 aromatic rings. The summed E-state index contributed by atoms with van der Waals surface area (Å²) < 4.78 is 26.1. The lowest BCUT2D eigenvalue weighted by Crippen LogP contribution is -2.49. The lowest BCUT2D eigenvalue weighted by atomic mass is 9.86. The number of nitrogens with one attached hydrogen (secondary N) is 1. The molecule has 0 spiro atoms. The molecular weight excluding hydrogens is 384 g/mol.